The summed E-state index contributed by atoms with van der Waals surface area (Å²) in [6, 6.07) is 0. The third-order valence-electron chi connectivity index (χ3n) is 9.33. The quantitative estimate of drug-likeness (QED) is 0.0276. The normalized spacial score (nSPS) is 20.9. The summed E-state index contributed by atoms with van der Waals surface area (Å²) < 4.78 is 22.0. The maximum Gasteiger partial charge on any atom is 0.306 e. The van der Waals surface area contributed by atoms with Gasteiger partial charge in [0.1, 0.15) is 31.0 Å². The van der Waals surface area contributed by atoms with Crippen LogP contribution in [0.1, 0.15) is 129 Å². The van der Waals surface area contributed by atoms with E-state index in [1.165, 1.54) is 6.42 Å². The van der Waals surface area contributed by atoms with Gasteiger partial charge in [-0.1, -0.05) is 148 Å². The van der Waals surface area contributed by atoms with Gasteiger partial charge >= 0.3 is 11.9 Å². The number of aliphatic hydroxyl groups is 4. The number of esters is 2. The number of allylic oxidation sites excluding steroid dienone is 20. The fourth-order valence-corrected chi connectivity index (χ4v) is 5.79. The molecule has 6 atom stereocenters. The predicted octanol–water partition coefficient (Wildman–Crippen LogP) is 9.88. The van der Waals surface area contributed by atoms with Crippen molar-refractivity contribution in [2.24, 2.45) is 0 Å². The fraction of sp³-hybridized carbons (Fsp3) is 0.569. The second kappa shape index (κ2) is 40.2. The lowest BCUT2D eigenvalue weighted by molar-refractivity contribution is -0.305. The SMILES string of the molecule is CC/C=C/C/C=C/C/C=C/C/C=C/C/C=C/C/C=C/CCC(=O)O[C@H](COC(=O)CCCCC/C=C/C/C=C/C/C=C/C/C=C/CCC)CO[C@@H]1O[C@H](CO)[C@H](O)C(O)C1O. The van der Waals surface area contributed by atoms with Crippen LogP contribution >= 0.6 is 0 Å². The van der Waals surface area contributed by atoms with E-state index in [-0.39, 0.29) is 26.1 Å². The van der Waals surface area contributed by atoms with Crippen molar-refractivity contribution < 1.29 is 49.0 Å². The Morgan fingerprint density at radius 2 is 1.00 bits per heavy atom. The minimum Gasteiger partial charge on any atom is -0.462 e. The largest absolute Gasteiger partial charge is 0.462 e. The molecule has 1 fully saturated rings. The molecule has 0 radical (unpaired) electrons. The third kappa shape index (κ3) is 31.6. The van der Waals surface area contributed by atoms with Gasteiger partial charge in [-0.2, -0.15) is 0 Å². The van der Waals surface area contributed by atoms with E-state index in [1.54, 1.807) is 0 Å². The Morgan fingerprint density at radius 3 is 1.49 bits per heavy atom. The standard InChI is InChI=1S/C51H78O10/c1-3-5-7-9-11-13-15-17-19-21-22-24-26-28-30-32-34-36-38-40-47(54)60-44(43-59-51-50(57)49(56)48(55)45(41-52)61-51)42-58-46(53)39-37-35-33-31-29-27-25-23-20-18-16-14-12-10-8-6-4-2/h5,7-8,10-11,13-14,16-17,19-20,22-24,27-30,34,36,44-45,48-52,55-57H,3-4,6,9,12,15,18,21,25-26,31-33,35,37-43H2,1-2H3/b7-5+,10-8+,13-11+,16-14+,19-17+,23-20+,24-22+,29-27+,30-28+,36-34+/t44-,45-,48+,49?,50?,51-/m1/s1. The van der Waals surface area contributed by atoms with Gasteiger partial charge in [-0.05, 0) is 89.9 Å². The van der Waals surface area contributed by atoms with Crippen molar-refractivity contribution in [2.45, 2.75) is 166 Å². The molecular formula is C51H78O10. The Labute approximate surface area is 367 Å². The second-order valence-electron chi connectivity index (χ2n) is 14.8. The van der Waals surface area contributed by atoms with E-state index in [0.29, 0.717) is 12.8 Å². The minimum atomic E-state index is -1.62. The van der Waals surface area contributed by atoms with Crippen LogP contribution in [0.2, 0.25) is 0 Å². The molecule has 61 heavy (non-hydrogen) atoms. The van der Waals surface area contributed by atoms with E-state index in [0.717, 1.165) is 83.5 Å². The van der Waals surface area contributed by atoms with Crippen LogP contribution in [0, 0.1) is 0 Å². The zero-order chi connectivity index (χ0) is 44.4. The lowest BCUT2D eigenvalue weighted by atomic mass is 9.99. The molecule has 0 amide bonds. The van der Waals surface area contributed by atoms with Crippen LogP contribution in [-0.2, 0) is 28.5 Å². The summed E-state index contributed by atoms with van der Waals surface area (Å²) in [5.41, 5.74) is 0. The molecule has 0 aromatic carbocycles. The van der Waals surface area contributed by atoms with Crippen LogP contribution in [0.5, 0.6) is 0 Å². The first kappa shape index (κ1) is 55.1. The molecule has 0 aliphatic carbocycles. The molecule has 2 unspecified atom stereocenters. The molecule has 1 aliphatic heterocycles. The van der Waals surface area contributed by atoms with Gasteiger partial charge < -0.3 is 39.4 Å². The smallest absolute Gasteiger partial charge is 0.306 e. The molecular weight excluding hydrogens is 773 g/mol. The minimum absolute atomic E-state index is 0.0893. The number of hydrogen-bond acceptors (Lipinski definition) is 10. The summed E-state index contributed by atoms with van der Waals surface area (Å²) in [5.74, 6) is -0.956. The topological polar surface area (TPSA) is 152 Å². The van der Waals surface area contributed by atoms with Crippen molar-refractivity contribution in [2.75, 3.05) is 19.8 Å². The number of rotatable bonds is 35. The molecule has 0 aromatic rings. The van der Waals surface area contributed by atoms with Crippen LogP contribution in [0.15, 0.2) is 122 Å². The second-order valence-corrected chi connectivity index (χ2v) is 14.8. The van der Waals surface area contributed by atoms with Crippen molar-refractivity contribution in [1.29, 1.82) is 0 Å². The summed E-state index contributed by atoms with van der Waals surface area (Å²) in [7, 11) is 0. The number of carbonyl (C=O) groups is 2. The van der Waals surface area contributed by atoms with E-state index in [1.807, 2.05) is 12.2 Å². The van der Waals surface area contributed by atoms with Crippen LogP contribution in [-0.4, -0.2) is 89.0 Å². The van der Waals surface area contributed by atoms with Crippen molar-refractivity contribution >= 4 is 11.9 Å². The average Bonchev–Trinajstić information content (AvgIpc) is 3.26. The molecule has 0 saturated carbocycles. The van der Waals surface area contributed by atoms with Crippen molar-refractivity contribution in [3.05, 3.63) is 122 Å². The lowest BCUT2D eigenvalue weighted by Gasteiger charge is -2.39. The first-order valence-corrected chi connectivity index (χ1v) is 22.6. The third-order valence-corrected chi connectivity index (χ3v) is 9.33. The maximum absolute atomic E-state index is 12.8. The van der Waals surface area contributed by atoms with Crippen LogP contribution in [0.3, 0.4) is 0 Å². The fourth-order valence-electron chi connectivity index (χ4n) is 5.79. The summed E-state index contributed by atoms with van der Waals surface area (Å²) in [5, 5.41) is 40.1. The van der Waals surface area contributed by atoms with E-state index in [4.69, 9.17) is 18.9 Å². The van der Waals surface area contributed by atoms with Gasteiger partial charge in [0.05, 0.1) is 13.2 Å². The molecule has 0 aromatic heterocycles. The molecule has 342 valence electrons. The summed E-state index contributed by atoms with van der Waals surface area (Å²) >= 11 is 0. The van der Waals surface area contributed by atoms with Gasteiger partial charge in [0.25, 0.3) is 0 Å². The highest BCUT2D eigenvalue weighted by atomic mass is 16.7. The Morgan fingerprint density at radius 1 is 0.525 bits per heavy atom. The molecule has 4 N–H and O–H groups in total. The number of ether oxygens (including phenoxy) is 4. The summed E-state index contributed by atoms with van der Waals surface area (Å²) in [4.78, 5) is 25.3. The molecule has 0 spiro atoms. The van der Waals surface area contributed by atoms with Gasteiger partial charge in [-0.15, -0.1) is 0 Å². The Kier molecular flexibility index (Phi) is 36.3. The molecule has 10 heteroatoms. The maximum atomic E-state index is 12.8. The van der Waals surface area contributed by atoms with E-state index in [9.17, 15) is 30.0 Å². The van der Waals surface area contributed by atoms with Crippen LogP contribution < -0.4 is 0 Å². The van der Waals surface area contributed by atoms with E-state index < -0.39 is 55.4 Å². The van der Waals surface area contributed by atoms with Gasteiger partial charge in [0, 0.05) is 12.8 Å². The van der Waals surface area contributed by atoms with Crippen LogP contribution in [0.25, 0.3) is 0 Å². The monoisotopic (exact) mass is 851 g/mol. The molecule has 0 bridgehead atoms. The van der Waals surface area contributed by atoms with Gasteiger partial charge in [-0.25, -0.2) is 0 Å². The Bertz CT molecular complexity index is 1400. The molecule has 10 nitrogen and oxygen atoms in total. The van der Waals surface area contributed by atoms with Gasteiger partial charge in [-0.3, -0.25) is 9.59 Å². The highest BCUT2D eigenvalue weighted by Gasteiger charge is 2.44. The molecule has 1 saturated heterocycles. The molecule has 1 rings (SSSR count). The number of unbranched alkanes of at least 4 members (excludes halogenated alkanes) is 4. The molecule has 1 heterocycles. The summed E-state index contributed by atoms with van der Waals surface area (Å²) in [6.45, 7) is 3.10. The highest BCUT2D eigenvalue weighted by Crippen LogP contribution is 2.22. The number of aliphatic hydroxyl groups excluding tert-OH is 4. The molecule has 1 aliphatic rings. The van der Waals surface area contributed by atoms with Gasteiger partial charge in [0.2, 0.25) is 0 Å². The first-order chi connectivity index (χ1) is 29.8. The van der Waals surface area contributed by atoms with Crippen LogP contribution in [0.4, 0.5) is 0 Å². The van der Waals surface area contributed by atoms with Crippen molar-refractivity contribution in [1.82, 2.24) is 0 Å². The van der Waals surface area contributed by atoms with E-state index in [2.05, 4.69) is 123 Å². The zero-order valence-electron chi connectivity index (χ0n) is 37.1. The Hall–Kier alpha value is -3.90. The number of carbonyl (C=O) groups excluding carboxylic acids is 2. The highest BCUT2D eigenvalue weighted by molar-refractivity contribution is 5.70. The first-order valence-electron chi connectivity index (χ1n) is 22.6. The lowest BCUT2D eigenvalue weighted by Crippen LogP contribution is -2.59. The predicted molar refractivity (Wildman–Crippen MR) is 246 cm³/mol. The van der Waals surface area contributed by atoms with Crippen molar-refractivity contribution in [3.8, 4) is 0 Å². The summed E-state index contributed by atoms with van der Waals surface area (Å²) in [6.07, 6.45) is 49.3. The van der Waals surface area contributed by atoms with Crippen molar-refractivity contribution in [3.63, 3.8) is 0 Å². The Balaban J connectivity index is 2.43. The average molecular weight is 851 g/mol. The number of hydrogen-bond donors (Lipinski definition) is 4. The zero-order valence-corrected chi connectivity index (χ0v) is 37.1. The van der Waals surface area contributed by atoms with E-state index >= 15 is 0 Å². The van der Waals surface area contributed by atoms with Gasteiger partial charge in [0.15, 0.2) is 12.4 Å².